The van der Waals surface area contributed by atoms with E-state index in [1.54, 1.807) is 11.9 Å². The average Bonchev–Trinajstić information content (AvgIpc) is 2.42. The van der Waals surface area contributed by atoms with E-state index >= 15 is 0 Å². The van der Waals surface area contributed by atoms with Crippen molar-refractivity contribution in [2.45, 2.75) is 26.4 Å². The molecule has 1 amide bonds. The van der Waals surface area contributed by atoms with Gasteiger partial charge >= 0.3 is 0 Å². The van der Waals surface area contributed by atoms with Gasteiger partial charge in [-0.3, -0.25) is 9.59 Å². The third-order valence-corrected chi connectivity index (χ3v) is 2.63. The largest absolute Gasteiger partial charge is 0.477 e. The summed E-state index contributed by atoms with van der Waals surface area (Å²) in [6.45, 7) is 2.15. The van der Waals surface area contributed by atoms with Crippen LogP contribution in [0.5, 0.6) is 5.75 Å². The molecule has 0 aliphatic rings. The van der Waals surface area contributed by atoms with E-state index in [0.29, 0.717) is 6.54 Å². The van der Waals surface area contributed by atoms with Gasteiger partial charge in [0.1, 0.15) is 18.6 Å². The smallest absolute Gasteiger partial charge is 0.260 e. The van der Waals surface area contributed by atoms with Crippen LogP contribution in [0.4, 0.5) is 0 Å². The molecule has 6 nitrogen and oxygen atoms in total. The van der Waals surface area contributed by atoms with Crippen molar-refractivity contribution in [3.63, 3.8) is 0 Å². The molecule has 19 heavy (non-hydrogen) atoms. The fourth-order valence-electron chi connectivity index (χ4n) is 1.40. The zero-order valence-electron chi connectivity index (χ0n) is 11.2. The van der Waals surface area contributed by atoms with Crippen LogP contribution in [0.25, 0.3) is 0 Å². The molecule has 106 valence electrons. The Labute approximate surface area is 111 Å². The first-order valence-corrected chi connectivity index (χ1v) is 6.17. The Balaban J connectivity index is 2.52. The van der Waals surface area contributed by atoms with Gasteiger partial charge in [0.05, 0.1) is 0 Å². The maximum absolute atomic E-state index is 11.7. The van der Waals surface area contributed by atoms with Crippen LogP contribution in [0.3, 0.4) is 0 Å². The lowest BCUT2D eigenvalue weighted by Crippen LogP contribution is -2.32. The minimum atomic E-state index is -0.417. The van der Waals surface area contributed by atoms with Crippen molar-refractivity contribution in [1.29, 1.82) is 0 Å². The standard InChI is InChI=1S/C13H19NO5/c1-3-4-5-14(2)13(17)9-19-12-8-18-10(7-15)6-11(12)16/h6,8,15H,3-5,7,9H2,1-2H3. The van der Waals surface area contributed by atoms with Gasteiger partial charge in [0, 0.05) is 19.7 Å². The van der Waals surface area contributed by atoms with Crippen LogP contribution in [0.2, 0.25) is 0 Å². The number of hydrogen-bond donors (Lipinski definition) is 1. The Hall–Kier alpha value is -1.82. The molecule has 0 saturated heterocycles. The molecule has 0 aliphatic heterocycles. The predicted molar refractivity (Wildman–Crippen MR) is 68.9 cm³/mol. The third-order valence-electron chi connectivity index (χ3n) is 2.63. The molecule has 6 heteroatoms. The number of rotatable bonds is 7. The second kappa shape index (κ2) is 7.58. The molecule has 1 N–H and O–H groups in total. The first kappa shape index (κ1) is 15.2. The molecule has 1 aromatic heterocycles. The number of likely N-dealkylation sites (N-methyl/N-ethyl adjacent to an activating group) is 1. The van der Waals surface area contributed by atoms with E-state index in [4.69, 9.17) is 14.3 Å². The average molecular weight is 269 g/mol. The highest BCUT2D eigenvalue weighted by Gasteiger charge is 2.11. The molecule has 1 aromatic rings. The van der Waals surface area contributed by atoms with Gasteiger partial charge < -0.3 is 19.2 Å². The zero-order valence-corrected chi connectivity index (χ0v) is 11.2. The Kier molecular flexibility index (Phi) is 6.08. The minimum Gasteiger partial charge on any atom is -0.477 e. The summed E-state index contributed by atoms with van der Waals surface area (Å²) in [4.78, 5) is 24.8. The number of aliphatic hydroxyl groups excluding tert-OH is 1. The first-order chi connectivity index (χ1) is 9.08. The molecule has 1 heterocycles. The van der Waals surface area contributed by atoms with Crippen LogP contribution in [0.15, 0.2) is 21.5 Å². The van der Waals surface area contributed by atoms with Crippen molar-refractivity contribution >= 4 is 5.91 Å². The molecule has 1 rings (SSSR count). The molecule has 0 radical (unpaired) electrons. The van der Waals surface area contributed by atoms with Crippen molar-refractivity contribution in [3.8, 4) is 5.75 Å². The van der Waals surface area contributed by atoms with Crippen molar-refractivity contribution in [1.82, 2.24) is 4.90 Å². The highest BCUT2D eigenvalue weighted by molar-refractivity contribution is 5.77. The summed E-state index contributed by atoms with van der Waals surface area (Å²) >= 11 is 0. The second-order valence-electron chi connectivity index (χ2n) is 4.19. The number of carbonyl (C=O) groups excluding carboxylic acids is 1. The Bertz CT molecular complexity index is 468. The van der Waals surface area contributed by atoms with E-state index in [-0.39, 0.29) is 30.6 Å². The normalized spacial score (nSPS) is 10.3. The summed E-state index contributed by atoms with van der Waals surface area (Å²) in [5, 5.41) is 8.79. The van der Waals surface area contributed by atoms with Crippen LogP contribution >= 0.6 is 0 Å². The lowest BCUT2D eigenvalue weighted by molar-refractivity contribution is -0.132. The number of hydrogen-bond acceptors (Lipinski definition) is 5. The number of aliphatic hydroxyl groups is 1. The van der Waals surface area contributed by atoms with Crippen LogP contribution in [-0.2, 0) is 11.4 Å². The van der Waals surface area contributed by atoms with E-state index in [1.165, 1.54) is 0 Å². The second-order valence-corrected chi connectivity index (χ2v) is 4.19. The van der Waals surface area contributed by atoms with Gasteiger partial charge in [-0.05, 0) is 6.42 Å². The molecule has 0 bridgehead atoms. The molecule has 0 saturated carbocycles. The molecule has 0 aliphatic carbocycles. The maximum atomic E-state index is 11.7. The zero-order chi connectivity index (χ0) is 14.3. The van der Waals surface area contributed by atoms with E-state index in [9.17, 15) is 9.59 Å². The summed E-state index contributed by atoms with van der Waals surface area (Å²) < 4.78 is 10.1. The fourth-order valence-corrected chi connectivity index (χ4v) is 1.40. The fraction of sp³-hybridized carbons (Fsp3) is 0.538. The van der Waals surface area contributed by atoms with Gasteiger partial charge in [-0.1, -0.05) is 13.3 Å². The van der Waals surface area contributed by atoms with E-state index in [2.05, 4.69) is 0 Å². The molecular formula is C13H19NO5. The molecule has 0 fully saturated rings. The highest BCUT2D eigenvalue weighted by Crippen LogP contribution is 2.06. The lowest BCUT2D eigenvalue weighted by atomic mass is 10.3. The van der Waals surface area contributed by atoms with Crippen LogP contribution in [-0.4, -0.2) is 36.1 Å². The molecule has 0 atom stereocenters. The quantitative estimate of drug-likeness (QED) is 0.790. The summed E-state index contributed by atoms with van der Waals surface area (Å²) in [5.74, 6) is -0.0720. The maximum Gasteiger partial charge on any atom is 0.260 e. The lowest BCUT2D eigenvalue weighted by Gasteiger charge is -2.16. The van der Waals surface area contributed by atoms with Crippen LogP contribution in [0, 0.1) is 0 Å². The third kappa shape index (κ3) is 4.75. The van der Waals surface area contributed by atoms with Crippen molar-refractivity contribution < 1.29 is 19.1 Å². The van der Waals surface area contributed by atoms with Gasteiger partial charge in [0.15, 0.2) is 6.61 Å². The van der Waals surface area contributed by atoms with Crippen molar-refractivity contribution in [2.75, 3.05) is 20.2 Å². The number of unbranched alkanes of at least 4 members (excludes halogenated alkanes) is 1. The van der Waals surface area contributed by atoms with Crippen LogP contribution in [0.1, 0.15) is 25.5 Å². The minimum absolute atomic E-state index is 0.0329. The SMILES string of the molecule is CCCCN(C)C(=O)COc1coc(CO)cc1=O. The topological polar surface area (TPSA) is 80.0 Å². The molecule has 0 spiro atoms. The van der Waals surface area contributed by atoms with E-state index in [0.717, 1.165) is 25.2 Å². The summed E-state index contributed by atoms with van der Waals surface area (Å²) in [5.41, 5.74) is -0.417. The monoisotopic (exact) mass is 269 g/mol. The number of nitrogens with zero attached hydrogens (tertiary/aromatic N) is 1. The Morgan fingerprint density at radius 1 is 1.53 bits per heavy atom. The Morgan fingerprint density at radius 2 is 2.26 bits per heavy atom. The number of carbonyl (C=O) groups is 1. The van der Waals surface area contributed by atoms with Gasteiger partial charge in [-0.25, -0.2) is 0 Å². The first-order valence-electron chi connectivity index (χ1n) is 6.17. The summed E-state index contributed by atoms with van der Waals surface area (Å²) in [6.07, 6.45) is 3.04. The molecule has 0 unspecified atom stereocenters. The Morgan fingerprint density at radius 3 is 2.84 bits per heavy atom. The van der Waals surface area contributed by atoms with Gasteiger partial charge in [-0.2, -0.15) is 0 Å². The van der Waals surface area contributed by atoms with Gasteiger partial charge in [0.2, 0.25) is 11.2 Å². The van der Waals surface area contributed by atoms with Gasteiger partial charge in [0.25, 0.3) is 5.91 Å². The molecular weight excluding hydrogens is 250 g/mol. The predicted octanol–water partition coefficient (Wildman–Crippen LogP) is 0.769. The van der Waals surface area contributed by atoms with E-state index < -0.39 is 5.43 Å². The van der Waals surface area contributed by atoms with Crippen molar-refractivity contribution in [2.24, 2.45) is 0 Å². The molecule has 0 aromatic carbocycles. The van der Waals surface area contributed by atoms with Crippen LogP contribution < -0.4 is 10.2 Å². The number of ether oxygens (including phenoxy) is 1. The van der Waals surface area contributed by atoms with E-state index in [1.807, 2.05) is 6.92 Å². The van der Waals surface area contributed by atoms with Crippen molar-refractivity contribution in [3.05, 3.63) is 28.3 Å². The highest BCUT2D eigenvalue weighted by atomic mass is 16.5. The summed E-state index contributed by atoms with van der Waals surface area (Å²) in [6, 6.07) is 1.14. The summed E-state index contributed by atoms with van der Waals surface area (Å²) in [7, 11) is 1.69. The van der Waals surface area contributed by atoms with Gasteiger partial charge in [-0.15, -0.1) is 0 Å². The number of amides is 1.